The molecule has 3 aromatic rings. The molecule has 0 aliphatic heterocycles. The molecule has 2 heterocycles. The van der Waals surface area contributed by atoms with Gasteiger partial charge < -0.3 is 14.7 Å². The summed E-state index contributed by atoms with van der Waals surface area (Å²) in [5.41, 5.74) is 5.50. The van der Waals surface area contributed by atoms with Gasteiger partial charge >= 0.3 is 0 Å². The fourth-order valence-electron chi connectivity index (χ4n) is 1.69. The zero-order chi connectivity index (χ0) is 14.7. The SMILES string of the molecule is NCc1ccc(-c2nc(CSc3ccc(Cl)cc3)no2)o1. The molecule has 108 valence electrons. The van der Waals surface area contributed by atoms with Gasteiger partial charge in [0.25, 0.3) is 5.89 Å². The molecule has 2 N–H and O–H groups in total. The molecule has 0 bridgehead atoms. The molecule has 5 nitrogen and oxygen atoms in total. The first-order chi connectivity index (χ1) is 10.2. The van der Waals surface area contributed by atoms with E-state index in [1.807, 2.05) is 24.3 Å². The van der Waals surface area contributed by atoms with E-state index >= 15 is 0 Å². The van der Waals surface area contributed by atoms with Crippen molar-refractivity contribution in [2.24, 2.45) is 5.73 Å². The van der Waals surface area contributed by atoms with E-state index in [4.69, 9.17) is 26.3 Å². The van der Waals surface area contributed by atoms with Gasteiger partial charge in [0.1, 0.15) is 5.76 Å². The number of halogens is 1. The van der Waals surface area contributed by atoms with E-state index in [0.29, 0.717) is 35.5 Å². The summed E-state index contributed by atoms with van der Waals surface area (Å²) < 4.78 is 10.7. The Labute approximate surface area is 130 Å². The topological polar surface area (TPSA) is 78.1 Å². The van der Waals surface area contributed by atoms with Gasteiger partial charge in [-0.2, -0.15) is 4.98 Å². The maximum Gasteiger partial charge on any atom is 0.293 e. The molecular formula is C14H12ClN3O2S. The predicted octanol–water partition coefficient (Wildman–Crippen LogP) is 3.73. The van der Waals surface area contributed by atoms with E-state index in [-0.39, 0.29) is 0 Å². The normalized spacial score (nSPS) is 11.0. The van der Waals surface area contributed by atoms with Crippen LogP contribution in [0.4, 0.5) is 0 Å². The minimum atomic E-state index is 0.341. The number of benzene rings is 1. The Morgan fingerprint density at radius 2 is 1.95 bits per heavy atom. The van der Waals surface area contributed by atoms with Gasteiger partial charge in [-0.25, -0.2) is 0 Å². The van der Waals surface area contributed by atoms with Crippen LogP contribution in [0.3, 0.4) is 0 Å². The second-order valence-electron chi connectivity index (χ2n) is 4.23. The van der Waals surface area contributed by atoms with E-state index in [0.717, 1.165) is 9.92 Å². The highest BCUT2D eigenvalue weighted by molar-refractivity contribution is 7.98. The molecule has 0 aliphatic rings. The van der Waals surface area contributed by atoms with Gasteiger partial charge in [-0.05, 0) is 36.4 Å². The van der Waals surface area contributed by atoms with Gasteiger partial charge in [-0.1, -0.05) is 16.8 Å². The fourth-order valence-corrected chi connectivity index (χ4v) is 2.56. The van der Waals surface area contributed by atoms with Crippen molar-refractivity contribution in [3.8, 4) is 11.7 Å². The average molecular weight is 322 g/mol. The number of rotatable bonds is 5. The minimum Gasteiger partial charge on any atom is -0.455 e. The highest BCUT2D eigenvalue weighted by Gasteiger charge is 2.12. The van der Waals surface area contributed by atoms with Crippen LogP contribution in [0.2, 0.25) is 5.02 Å². The molecule has 0 amide bonds. The second kappa shape index (κ2) is 6.34. The van der Waals surface area contributed by atoms with E-state index < -0.39 is 0 Å². The van der Waals surface area contributed by atoms with E-state index in [2.05, 4.69) is 10.1 Å². The Kier molecular flexibility index (Phi) is 4.28. The molecule has 2 aromatic heterocycles. The van der Waals surface area contributed by atoms with Crippen LogP contribution in [0, 0.1) is 0 Å². The van der Waals surface area contributed by atoms with E-state index in [9.17, 15) is 0 Å². The monoisotopic (exact) mass is 321 g/mol. The first-order valence-electron chi connectivity index (χ1n) is 6.24. The van der Waals surface area contributed by atoms with Crippen molar-refractivity contribution in [3.05, 3.63) is 53.0 Å². The lowest BCUT2D eigenvalue weighted by atomic mass is 10.4. The van der Waals surface area contributed by atoms with Crippen LogP contribution in [0.15, 0.2) is 50.2 Å². The summed E-state index contributed by atoms with van der Waals surface area (Å²) in [4.78, 5) is 5.39. The Balaban J connectivity index is 1.66. The molecular weight excluding hydrogens is 310 g/mol. The summed E-state index contributed by atoms with van der Waals surface area (Å²) >= 11 is 7.45. The molecule has 3 rings (SSSR count). The number of hydrogen-bond acceptors (Lipinski definition) is 6. The van der Waals surface area contributed by atoms with Crippen LogP contribution < -0.4 is 5.73 Å². The number of thioether (sulfide) groups is 1. The molecule has 0 atom stereocenters. The standard InChI is InChI=1S/C14H12ClN3O2S/c15-9-1-4-11(5-2-9)21-8-13-17-14(20-18-13)12-6-3-10(7-16)19-12/h1-6H,7-8,16H2. The molecule has 0 spiro atoms. The first-order valence-corrected chi connectivity index (χ1v) is 7.61. The van der Waals surface area contributed by atoms with Gasteiger partial charge in [0.05, 0.1) is 12.3 Å². The van der Waals surface area contributed by atoms with Crippen molar-refractivity contribution in [3.63, 3.8) is 0 Å². The molecule has 1 aromatic carbocycles. The molecule has 0 saturated heterocycles. The molecule has 0 unspecified atom stereocenters. The summed E-state index contributed by atoms with van der Waals surface area (Å²) in [6.45, 7) is 0.341. The minimum absolute atomic E-state index is 0.341. The number of nitrogens with zero attached hydrogens (tertiary/aromatic N) is 2. The maximum atomic E-state index is 5.85. The number of nitrogens with two attached hydrogens (primary N) is 1. The van der Waals surface area contributed by atoms with Crippen LogP contribution in [-0.4, -0.2) is 10.1 Å². The zero-order valence-corrected chi connectivity index (χ0v) is 12.5. The highest BCUT2D eigenvalue weighted by atomic mass is 35.5. The van der Waals surface area contributed by atoms with Gasteiger partial charge in [-0.3, -0.25) is 0 Å². The summed E-state index contributed by atoms with van der Waals surface area (Å²) in [6.07, 6.45) is 0. The first kappa shape index (κ1) is 14.2. The molecule has 0 radical (unpaired) electrons. The third-order valence-corrected chi connectivity index (χ3v) is 3.98. The van der Waals surface area contributed by atoms with Crippen molar-refractivity contribution < 1.29 is 8.94 Å². The predicted molar refractivity (Wildman–Crippen MR) is 80.9 cm³/mol. The molecule has 0 saturated carbocycles. The van der Waals surface area contributed by atoms with E-state index in [1.165, 1.54) is 0 Å². The van der Waals surface area contributed by atoms with Crippen LogP contribution in [0.25, 0.3) is 11.7 Å². The lowest BCUT2D eigenvalue weighted by Gasteiger charge is -1.97. The lowest BCUT2D eigenvalue weighted by Crippen LogP contribution is -1.92. The maximum absolute atomic E-state index is 5.85. The summed E-state index contributed by atoms with van der Waals surface area (Å²) in [5, 5.41) is 4.65. The van der Waals surface area contributed by atoms with Crippen molar-refractivity contribution >= 4 is 23.4 Å². The van der Waals surface area contributed by atoms with Crippen molar-refractivity contribution in [1.82, 2.24) is 10.1 Å². The van der Waals surface area contributed by atoms with Crippen molar-refractivity contribution in [1.29, 1.82) is 0 Å². The third kappa shape index (κ3) is 3.47. The van der Waals surface area contributed by atoms with Crippen LogP contribution in [-0.2, 0) is 12.3 Å². The summed E-state index contributed by atoms with van der Waals surface area (Å²) in [5.74, 6) is 2.79. The van der Waals surface area contributed by atoms with Crippen molar-refractivity contribution in [2.45, 2.75) is 17.2 Å². The van der Waals surface area contributed by atoms with Crippen LogP contribution in [0.1, 0.15) is 11.6 Å². The zero-order valence-electron chi connectivity index (χ0n) is 11.0. The van der Waals surface area contributed by atoms with Crippen LogP contribution >= 0.6 is 23.4 Å². The van der Waals surface area contributed by atoms with Gasteiger partial charge in [0.2, 0.25) is 0 Å². The summed E-state index contributed by atoms with van der Waals surface area (Å²) in [6, 6.07) is 11.2. The molecule has 21 heavy (non-hydrogen) atoms. The number of hydrogen-bond donors (Lipinski definition) is 1. The quantitative estimate of drug-likeness (QED) is 0.721. The fraction of sp³-hybridized carbons (Fsp3) is 0.143. The Morgan fingerprint density at radius 3 is 2.67 bits per heavy atom. The molecule has 0 fully saturated rings. The largest absolute Gasteiger partial charge is 0.455 e. The van der Waals surface area contributed by atoms with Gasteiger partial charge in [-0.15, -0.1) is 11.8 Å². The molecule has 0 aliphatic carbocycles. The Morgan fingerprint density at radius 1 is 1.14 bits per heavy atom. The number of aromatic nitrogens is 2. The summed E-state index contributed by atoms with van der Waals surface area (Å²) in [7, 11) is 0. The van der Waals surface area contributed by atoms with Gasteiger partial charge in [0.15, 0.2) is 11.6 Å². The smallest absolute Gasteiger partial charge is 0.293 e. The molecule has 7 heteroatoms. The Hall–Kier alpha value is -1.76. The van der Waals surface area contributed by atoms with Gasteiger partial charge in [0, 0.05) is 9.92 Å². The highest BCUT2D eigenvalue weighted by Crippen LogP contribution is 2.25. The number of furan rings is 1. The second-order valence-corrected chi connectivity index (χ2v) is 5.71. The van der Waals surface area contributed by atoms with E-state index in [1.54, 1.807) is 23.9 Å². The lowest BCUT2D eigenvalue weighted by molar-refractivity contribution is 0.407. The third-order valence-electron chi connectivity index (χ3n) is 2.72. The average Bonchev–Trinajstić information content (AvgIpc) is 3.15. The van der Waals surface area contributed by atoms with Crippen LogP contribution in [0.5, 0.6) is 0 Å². The Bertz CT molecular complexity index is 724. The van der Waals surface area contributed by atoms with Crippen molar-refractivity contribution in [2.75, 3.05) is 0 Å².